The Kier molecular flexibility index (Phi) is 4.72. The zero-order chi connectivity index (χ0) is 11.3. The zero-order valence-electron chi connectivity index (χ0n) is 7.71. The Morgan fingerprint density at radius 3 is 2.60 bits per heavy atom. The maximum absolute atomic E-state index is 10.7. The topological polar surface area (TPSA) is 35.5 Å². The van der Waals surface area contributed by atoms with Crippen LogP contribution >= 0.6 is 34.2 Å². The van der Waals surface area contributed by atoms with Crippen molar-refractivity contribution in [3.05, 3.63) is 23.2 Å². The van der Waals surface area contributed by atoms with Crippen LogP contribution in [0.4, 0.5) is 4.79 Å². The van der Waals surface area contributed by atoms with E-state index in [1.165, 1.54) is 6.07 Å². The molecule has 0 radical (unpaired) electrons. The van der Waals surface area contributed by atoms with Crippen LogP contribution in [0.1, 0.15) is 6.92 Å². The summed E-state index contributed by atoms with van der Waals surface area (Å²) in [6, 6.07) is 4.73. The number of hydrogen-bond acceptors (Lipinski definition) is 3. The molecule has 0 spiro atoms. The van der Waals surface area contributed by atoms with Gasteiger partial charge in [-0.25, -0.2) is 4.79 Å². The van der Waals surface area contributed by atoms with Gasteiger partial charge >= 0.3 is 6.16 Å². The molecule has 2 aliphatic rings. The van der Waals surface area contributed by atoms with Gasteiger partial charge in [0.15, 0.2) is 5.75 Å². The molecule has 0 fully saturated rings. The fourth-order valence-corrected chi connectivity index (χ4v) is 1.04. The molecule has 1 aromatic carbocycles. The number of benzene rings is 1. The molecule has 5 heteroatoms. The first-order valence-corrected chi connectivity index (χ1v) is 5.34. The summed E-state index contributed by atoms with van der Waals surface area (Å²) in [7, 11) is 0. The van der Waals surface area contributed by atoms with Crippen LogP contribution in [0.25, 0.3) is 0 Å². The molecule has 78 valence electrons. The van der Waals surface area contributed by atoms with Crippen molar-refractivity contribution in [2.24, 2.45) is 0 Å². The minimum Gasteiger partial charge on any atom is -0.395 e. The fourth-order valence-electron chi connectivity index (χ4n) is 0.835. The standard InChI is InChI=1S/C7H3ClO3.C3H3I/c8-5-3-4-1-2-6(5)11-7(9)10-4;1-2-3-4/h1-3H;1H3. The number of halogens is 2. The average Bonchev–Trinajstić information content (AvgIpc) is 2.47. The Hall–Kier alpha value is -0.930. The third-order valence-electron chi connectivity index (χ3n) is 1.39. The van der Waals surface area contributed by atoms with Gasteiger partial charge < -0.3 is 9.47 Å². The number of hydrogen-bond donors (Lipinski definition) is 0. The Labute approximate surface area is 106 Å². The van der Waals surface area contributed by atoms with Gasteiger partial charge in [0.1, 0.15) is 5.75 Å². The van der Waals surface area contributed by atoms with Gasteiger partial charge in [-0.1, -0.05) is 17.5 Å². The Bertz CT molecular complexity index is 428. The second-order valence-corrected chi connectivity index (χ2v) is 3.34. The van der Waals surface area contributed by atoms with Crippen molar-refractivity contribution >= 4 is 40.3 Å². The van der Waals surface area contributed by atoms with Crippen molar-refractivity contribution in [1.82, 2.24) is 0 Å². The smallest absolute Gasteiger partial charge is 0.395 e. The first kappa shape index (κ1) is 12.1. The zero-order valence-corrected chi connectivity index (χ0v) is 10.6. The maximum Gasteiger partial charge on any atom is 0.519 e. The van der Waals surface area contributed by atoms with Crippen LogP contribution in [-0.4, -0.2) is 6.16 Å². The quantitative estimate of drug-likeness (QED) is 0.314. The molecule has 3 nitrogen and oxygen atoms in total. The number of fused-ring (bicyclic) bond motifs is 4. The second kappa shape index (κ2) is 5.83. The second-order valence-electron chi connectivity index (χ2n) is 2.39. The van der Waals surface area contributed by atoms with Crippen LogP contribution in [0, 0.1) is 9.85 Å². The largest absolute Gasteiger partial charge is 0.519 e. The Balaban J connectivity index is 0.000000245. The molecule has 0 aromatic heterocycles. The molecule has 1 aromatic rings. The SMILES string of the molecule is CC#CI.O=C1Oc2ccc(c(Cl)c2)O1. The van der Waals surface area contributed by atoms with Crippen molar-refractivity contribution < 1.29 is 14.3 Å². The third kappa shape index (κ3) is 3.61. The van der Waals surface area contributed by atoms with Crippen molar-refractivity contribution in [2.45, 2.75) is 6.92 Å². The minimum absolute atomic E-state index is 0.331. The molecule has 2 heterocycles. The molecule has 3 rings (SSSR count). The molecule has 2 aliphatic heterocycles. The van der Waals surface area contributed by atoms with Gasteiger partial charge in [0.2, 0.25) is 0 Å². The summed E-state index contributed by atoms with van der Waals surface area (Å²) in [5, 5.41) is 0.383. The molecule has 0 atom stereocenters. The van der Waals surface area contributed by atoms with Crippen LogP contribution in [0.15, 0.2) is 18.2 Å². The predicted octanol–water partition coefficient (Wildman–Crippen LogP) is 3.63. The van der Waals surface area contributed by atoms with Gasteiger partial charge in [-0.2, -0.15) is 0 Å². The number of carbonyl (C=O) groups is 1. The van der Waals surface area contributed by atoms with Gasteiger partial charge in [0, 0.05) is 28.7 Å². The van der Waals surface area contributed by atoms with Crippen molar-refractivity contribution in [2.75, 3.05) is 0 Å². The van der Waals surface area contributed by atoms with Crippen LogP contribution < -0.4 is 9.47 Å². The van der Waals surface area contributed by atoms with Gasteiger partial charge in [-0.3, -0.25) is 0 Å². The minimum atomic E-state index is -0.744. The van der Waals surface area contributed by atoms with Crippen molar-refractivity contribution in [3.63, 3.8) is 0 Å². The normalized spacial score (nSPS) is 11.0. The van der Waals surface area contributed by atoms with Gasteiger partial charge in [-0.05, 0) is 23.0 Å². The molecule has 0 saturated carbocycles. The van der Waals surface area contributed by atoms with Gasteiger partial charge in [-0.15, -0.1) is 0 Å². The summed E-state index contributed by atoms with van der Waals surface area (Å²) in [5.41, 5.74) is 0. The lowest BCUT2D eigenvalue weighted by Gasteiger charge is -1.95. The third-order valence-corrected chi connectivity index (χ3v) is 2.23. The van der Waals surface area contributed by atoms with Crippen molar-refractivity contribution in [3.8, 4) is 21.3 Å². The van der Waals surface area contributed by atoms with E-state index < -0.39 is 6.16 Å². The molecular formula is C10H6ClIO3. The molecule has 0 N–H and O–H groups in total. The van der Waals surface area contributed by atoms with E-state index in [0.29, 0.717) is 16.5 Å². The van der Waals surface area contributed by atoms with Crippen LogP contribution in [-0.2, 0) is 0 Å². The van der Waals surface area contributed by atoms with E-state index in [1.807, 2.05) is 29.5 Å². The van der Waals surface area contributed by atoms with E-state index in [9.17, 15) is 4.79 Å². The van der Waals surface area contributed by atoms with E-state index in [0.717, 1.165) is 0 Å². The summed E-state index contributed by atoms with van der Waals surface area (Å²) in [6.07, 6.45) is -0.744. The highest BCUT2D eigenvalue weighted by Crippen LogP contribution is 2.31. The van der Waals surface area contributed by atoms with E-state index in [2.05, 4.69) is 19.3 Å². The highest BCUT2D eigenvalue weighted by molar-refractivity contribution is 14.1. The summed E-state index contributed by atoms with van der Waals surface area (Å²) < 4.78 is 12.0. The molecule has 0 aliphatic carbocycles. The van der Waals surface area contributed by atoms with Crippen molar-refractivity contribution in [1.29, 1.82) is 0 Å². The van der Waals surface area contributed by atoms with E-state index >= 15 is 0 Å². The Morgan fingerprint density at radius 2 is 2.07 bits per heavy atom. The molecule has 2 bridgehead atoms. The predicted molar refractivity (Wildman–Crippen MR) is 65.6 cm³/mol. The van der Waals surface area contributed by atoms with E-state index in [-0.39, 0.29) is 0 Å². The summed E-state index contributed by atoms with van der Waals surface area (Å²) in [4.78, 5) is 10.7. The molecule has 0 amide bonds. The van der Waals surface area contributed by atoms with Gasteiger partial charge in [0.25, 0.3) is 0 Å². The van der Waals surface area contributed by atoms with E-state index in [1.54, 1.807) is 12.1 Å². The Morgan fingerprint density at radius 1 is 1.40 bits per heavy atom. The average molecular weight is 337 g/mol. The number of ether oxygens (including phenoxy) is 2. The fraction of sp³-hybridized carbons (Fsp3) is 0.100. The highest BCUT2D eigenvalue weighted by Gasteiger charge is 2.16. The summed E-state index contributed by atoms with van der Waals surface area (Å²) >= 11 is 7.67. The summed E-state index contributed by atoms with van der Waals surface area (Å²) in [6.45, 7) is 1.81. The monoisotopic (exact) mass is 336 g/mol. The van der Waals surface area contributed by atoms with Crippen LogP contribution in [0.5, 0.6) is 11.5 Å². The lowest BCUT2D eigenvalue weighted by atomic mass is 10.3. The molecule has 15 heavy (non-hydrogen) atoms. The first-order chi connectivity index (χ1) is 7.17. The molecule has 0 unspecified atom stereocenters. The number of carbonyl (C=O) groups excluding carboxylic acids is 1. The van der Waals surface area contributed by atoms with Crippen LogP contribution in [0.3, 0.4) is 0 Å². The molecular weight excluding hydrogens is 330 g/mol. The lowest BCUT2D eigenvalue weighted by Crippen LogP contribution is -2.10. The number of rotatable bonds is 0. The molecule has 0 saturated heterocycles. The van der Waals surface area contributed by atoms with Crippen LogP contribution in [0.2, 0.25) is 5.02 Å². The maximum atomic E-state index is 10.7. The summed E-state index contributed by atoms with van der Waals surface area (Å²) in [5.74, 6) is 3.40. The lowest BCUT2D eigenvalue weighted by molar-refractivity contribution is 0.155. The van der Waals surface area contributed by atoms with E-state index in [4.69, 9.17) is 11.6 Å². The highest BCUT2D eigenvalue weighted by atomic mass is 127. The first-order valence-electron chi connectivity index (χ1n) is 3.89. The van der Waals surface area contributed by atoms with Gasteiger partial charge in [0.05, 0.1) is 5.02 Å².